The summed E-state index contributed by atoms with van der Waals surface area (Å²) in [7, 11) is 0. The Morgan fingerprint density at radius 3 is 2.33 bits per heavy atom. The Labute approximate surface area is 160 Å². The second kappa shape index (κ2) is 7.70. The molecule has 0 radical (unpaired) electrons. The predicted molar refractivity (Wildman–Crippen MR) is 108 cm³/mol. The number of carbonyl (C=O) groups is 1. The zero-order valence-corrected chi connectivity index (χ0v) is 16.1. The summed E-state index contributed by atoms with van der Waals surface area (Å²) in [5, 5.41) is 12.8. The standard InChI is InChI=1S/C23H25NO3/c1-15(2)24(16(3)4)22(25)20-10-7-11-21(20)27-23(26)19-13-12-17-8-5-6-9-18(17)14-19/h5-16,25H,1-4H3/b22-20-. The molecule has 0 atom stereocenters. The van der Waals surface area contributed by atoms with Crippen molar-refractivity contribution in [3.05, 3.63) is 83.5 Å². The molecule has 0 amide bonds. The van der Waals surface area contributed by atoms with Gasteiger partial charge in [0.1, 0.15) is 5.76 Å². The summed E-state index contributed by atoms with van der Waals surface area (Å²) in [6, 6.07) is 13.6. The van der Waals surface area contributed by atoms with Crippen molar-refractivity contribution in [3.63, 3.8) is 0 Å². The summed E-state index contributed by atoms with van der Waals surface area (Å²) in [5.74, 6) is 0.0323. The monoisotopic (exact) mass is 363 g/mol. The number of ether oxygens (including phenoxy) is 1. The third-order valence-electron chi connectivity index (χ3n) is 4.56. The van der Waals surface area contributed by atoms with Crippen LogP contribution in [0.4, 0.5) is 0 Å². The molecule has 0 saturated carbocycles. The van der Waals surface area contributed by atoms with Crippen molar-refractivity contribution in [2.45, 2.75) is 39.8 Å². The summed E-state index contributed by atoms with van der Waals surface area (Å²) in [6.07, 6.45) is 5.23. The van der Waals surface area contributed by atoms with Gasteiger partial charge in [-0.1, -0.05) is 36.4 Å². The van der Waals surface area contributed by atoms with Crippen molar-refractivity contribution >= 4 is 16.7 Å². The highest BCUT2D eigenvalue weighted by Crippen LogP contribution is 2.27. The molecular weight excluding hydrogens is 338 g/mol. The quantitative estimate of drug-likeness (QED) is 0.575. The lowest BCUT2D eigenvalue weighted by Gasteiger charge is -2.32. The second-order valence-electron chi connectivity index (χ2n) is 7.17. The van der Waals surface area contributed by atoms with Crippen LogP contribution in [0, 0.1) is 0 Å². The predicted octanol–water partition coefficient (Wildman–Crippen LogP) is 5.34. The summed E-state index contributed by atoms with van der Waals surface area (Å²) < 4.78 is 5.60. The largest absolute Gasteiger partial charge is 0.494 e. The van der Waals surface area contributed by atoms with Crippen LogP contribution in [0.25, 0.3) is 10.8 Å². The smallest absolute Gasteiger partial charge is 0.343 e. The first-order chi connectivity index (χ1) is 12.9. The van der Waals surface area contributed by atoms with Gasteiger partial charge in [-0.2, -0.15) is 0 Å². The zero-order valence-electron chi connectivity index (χ0n) is 16.1. The molecule has 27 heavy (non-hydrogen) atoms. The Bertz CT molecular complexity index is 943. The maximum absolute atomic E-state index is 12.6. The van der Waals surface area contributed by atoms with Gasteiger partial charge in [-0.15, -0.1) is 0 Å². The van der Waals surface area contributed by atoms with Gasteiger partial charge in [0.15, 0.2) is 5.88 Å². The average Bonchev–Trinajstić information content (AvgIpc) is 3.08. The maximum Gasteiger partial charge on any atom is 0.343 e. The minimum atomic E-state index is -0.443. The van der Waals surface area contributed by atoms with Crippen molar-refractivity contribution in [1.29, 1.82) is 0 Å². The van der Waals surface area contributed by atoms with Gasteiger partial charge < -0.3 is 14.7 Å². The van der Waals surface area contributed by atoms with E-state index in [0.717, 1.165) is 10.8 Å². The van der Waals surface area contributed by atoms with E-state index in [9.17, 15) is 9.90 Å². The molecule has 0 aliphatic heterocycles. The van der Waals surface area contributed by atoms with Crippen LogP contribution in [0.15, 0.2) is 77.9 Å². The highest BCUT2D eigenvalue weighted by Gasteiger charge is 2.24. The molecule has 1 aliphatic rings. The van der Waals surface area contributed by atoms with Gasteiger partial charge in [-0.05, 0) is 62.8 Å². The topological polar surface area (TPSA) is 49.8 Å². The van der Waals surface area contributed by atoms with Crippen LogP contribution >= 0.6 is 0 Å². The fourth-order valence-electron chi connectivity index (χ4n) is 3.38. The fourth-order valence-corrected chi connectivity index (χ4v) is 3.38. The van der Waals surface area contributed by atoms with Crippen LogP contribution < -0.4 is 0 Å². The van der Waals surface area contributed by atoms with E-state index in [1.54, 1.807) is 24.3 Å². The molecule has 0 saturated heterocycles. The third-order valence-corrected chi connectivity index (χ3v) is 4.56. The molecule has 3 rings (SSSR count). The summed E-state index contributed by atoms with van der Waals surface area (Å²) >= 11 is 0. The molecule has 0 heterocycles. The molecule has 0 unspecified atom stereocenters. The number of aliphatic hydroxyl groups is 1. The molecular formula is C23H25NO3. The van der Waals surface area contributed by atoms with Gasteiger partial charge >= 0.3 is 5.97 Å². The number of hydrogen-bond donors (Lipinski definition) is 1. The molecule has 2 aromatic rings. The minimum absolute atomic E-state index is 0.115. The Morgan fingerprint density at radius 2 is 1.67 bits per heavy atom. The lowest BCUT2D eigenvalue weighted by Crippen LogP contribution is -2.37. The number of esters is 1. The molecule has 4 heteroatoms. The number of nitrogens with zero attached hydrogens (tertiary/aromatic N) is 1. The molecule has 0 fully saturated rings. The van der Waals surface area contributed by atoms with Gasteiger partial charge in [-0.25, -0.2) is 4.79 Å². The van der Waals surface area contributed by atoms with E-state index >= 15 is 0 Å². The SMILES string of the molecule is CC(C)N(/C(O)=C1\C=CC=C1OC(=O)c1ccc2ccccc2c1)C(C)C. The Hall–Kier alpha value is -3.01. The molecule has 0 bridgehead atoms. The van der Waals surface area contributed by atoms with Gasteiger partial charge in [0.05, 0.1) is 11.1 Å². The third kappa shape index (κ3) is 3.90. The van der Waals surface area contributed by atoms with E-state index in [0.29, 0.717) is 16.9 Å². The van der Waals surface area contributed by atoms with Crippen LogP contribution in [-0.2, 0) is 4.74 Å². The maximum atomic E-state index is 12.6. The van der Waals surface area contributed by atoms with Crippen LogP contribution in [0.5, 0.6) is 0 Å². The molecule has 140 valence electrons. The van der Waals surface area contributed by atoms with E-state index in [2.05, 4.69) is 0 Å². The summed E-state index contributed by atoms with van der Waals surface area (Å²) in [6.45, 7) is 8.06. The Kier molecular flexibility index (Phi) is 5.36. The lowest BCUT2D eigenvalue weighted by atomic mass is 10.1. The van der Waals surface area contributed by atoms with Gasteiger partial charge in [0, 0.05) is 12.1 Å². The summed E-state index contributed by atoms with van der Waals surface area (Å²) in [4.78, 5) is 14.5. The molecule has 1 N–H and O–H groups in total. The molecule has 0 spiro atoms. The first kappa shape index (κ1) is 18.8. The number of carbonyl (C=O) groups excluding carboxylic acids is 1. The van der Waals surface area contributed by atoms with Gasteiger partial charge in [0.2, 0.25) is 0 Å². The van der Waals surface area contributed by atoms with Crippen molar-refractivity contribution in [3.8, 4) is 0 Å². The van der Waals surface area contributed by atoms with Gasteiger partial charge in [0.25, 0.3) is 0 Å². The van der Waals surface area contributed by atoms with Crippen LogP contribution in [0.1, 0.15) is 38.1 Å². The number of aliphatic hydroxyl groups excluding tert-OH is 1. The minimum Gasteiger partial charge on any atom is -0.494 e. The Balaban J connectivity index is 1.85. The molecule has 0 aromatic heterocycles. The number of rotatable bonds is 5. The second-order valence-corrected chi connectivity index (χ2v) is 7.17. The number of hydrogen-bond acceptors (Lipinski definition) is 4. The summed E-state index contributed by atoms with van der Waals surface area (Å²) in [5.41, 5.74) is 0.997. The zero-order chi connectivity index (χ0) is 19.6. The first-order valence-electron chi connectivity index (χ1n) is 9.19. The van der Waals surface area contributed by atoms with E-state index in [4.69, 9.17) is 4.74 Å². The van der Waals surface area contributed by atoms with Crippen molar-refractivity contribution < 1.29 is 14.6 Å². The fraction of sp³-hybridized carbons (Fsp3) is 0.261. The van der Waals surface area contributed by atoms with Crippen LogP contribution in [0.2, 0.25) is 0 Å². The van der Waals surface area contributed by atoms with Crippen LogP contribution in [-0.4, -0.2) is 28.1 Å². The van der Waals surface area contributed by atoms with Crippen molar-refractivity contribution in [2.75, 3.05) is 0 Å². The number of allylic oxidation sites excluding steroid dienone is 3. The highest BCUT2D eigenvalue weighted by molar-refractivity contribution is 5.96. The lowest BCUT2D eigenvalue weighted by molar-refractivity contribution is 0.0628. The van der Waals surface area contributed by atoms with Crippen LogP contribution in [0.3, 0.4) is 0 Å². The highest BCUT2D eigenvalue weighted by atomic mass is 16.5. The normalized spacial score (nSPS) is 15.4. The van der Waals surface area contributed by atoms with E-state index in [-0.39, 0.29) is 18.0 Å². The number of benzene rings is 2. The first-order valence-corrected chi connectivity index (χ1v) is 9.19. The molecule has 2 aromatic carbocycles. The van der Waals surface area contributed by atoms with E-state index in [1.807, 2.05) is 69.0 Å². The van der Waals surface area contributed by atoms with Crippen molar-refractivity contribution in [2.24, 2.45) is 0 Å². The van der Waals surface area contributed by atoms with Gasteiger partial charge in [-0.3, -0.25) is 0 Å². The van der Waals surface area contributed by atoms with E-state index < -0.39 is 5.97 Å². The van der Waals surface area contributed by atoms with Crippen molar-refractivity contribution in [1.82, 2.24) is 4.90 Å². The van der Waals surface area contributed by atoms with E-state index in [1.165, 1.54) is 0 Å². The molecule has 1 aliphatic carbocycles. The Morgan fingerprint density at radius 1 is 1.00 bits per heavy atom. The number of fused-ring (bicyclic) bond motifs is 1. The molecule has 4 nitrogen and oxygen atoms in total. The average molecular weight is 363 g/mol.